The quantitative estimate of drug-likeness (QED) is 0.856. The minimum absolute atomic E-state index is 0.608. The predicted octanol–water partition coefficient (Wildman–Crippen LogP) is 2.95. The Kier molecular flexibility index (Phi) is 4.37. The highest BCUT2D eigenvalue weighted by atomic mass is 79.9. The van der Waals surface area contributed by atoms with Crippen LogP contribution in [-0.2, 0) is 4.79 Å². The molecule has 0 amide bonds. The number of carboxylic acid groups (broad SMARTS) is 1. The van der Waals surface area contributed by atoms with Crippen LogP contribution in [0.5, 0.6) is 5.75 Å². The Morgan fingerprint density at radius 2 is 2.33 bits per heavy atom. The van der Waals surface area contributed by atoms with Crippen molar-refractivity contribution in [2.45, 2.75) is 6.92 Å². The molecule has 1 rings (SSSR count). The van der Waals surface area contributed by atoms with Gasteiger partial charge in [-0.1, -0.05) is 22.0 Å². The van der Waals surface area contributed by atoms with Crippen LogP contribution in [0.3, 0.4) is 0 Å². The number of hydrogen-bond acceptors (Lipinski definition) is 2. The van der Waals surface area contributed by atoms with E-state index in [-0.39, 0.29) is 0 Å². The molecule has 0 aliphatic carbocycles. The van der Waals surface area contributed by atoms with Gasteiger partial charge in [0, 0.05) is 10.5 Å². The fourth-order valence-corrected chi connectivity index (χ4v) is 1.55. The van der Waals surface area contributed by atoms with Gasteiger partial charge in [0.05, 0.1) is 6.61 Å². The molecule has 0 aromatic heterocycles. The summed E-state index contributed by atoms with van der Waals surface area (Å²) in [4.78, 5) is 10.3. The van der Waals surface area contributed by atoms with Crippen molar-refractivity contribution in [3.63, 3.8) is 0 Å². The molecule has 0 heterocycles. The van der Waals surface area contributed by atoms with Gasteiger partial charge >= 0.3 is 5.97 Å². The SMILES string of the molecule is CCOc1ccc(C=CC(=O)O)c(Br)c1. The van der Waals surface area contributed by atoms with E-state index in [1.165, 1.54) is 6.08 Å². The lowest BCUT2D eigenvalue weighted by Crippen LogP contribution is -1.91. The summed E-state index contributed by atoms with van der Waals surface area (Å²) in [7, 11) is 0. The molecule has 3 nitrogen and oxygen atoms in total. The van der Waals surface area contributed by atoms with Gasteiger partial charge in [0.1, 0.15) is 5.75 Å². The Morgan fingerprint density at radius 3 is 2.87 bits per heavy atom. The standard InChI is InChI=1S/C11H11BrO3/c1-2-15-9-5-3-8(10(12)7-9)4-6-11(13)14/h3-7H,2H2,1H3,(H,13,14). The summed E-state index contributed by atoms with van der Waals surface area (Å²) in [6.45, 7) is 2.52. The molecule has 1 N–H and O–H groups in total. The highest BCUT2D eigenvalue weighted by Crippen LogP contribution is 2.24. The van der Waals surface area contributed by atoms with Gasteiger partial charge in [-0.15, -0.1) is 0 Å². The third-order valence-corrected chi connectivity index (χ3v) is 2.38. The highest BCUT2D eigenvalue weighted by molar-refractivity contribution is 9.10. The zero-order chi connectivity index (χ0) is 11.3. The molecule has 0 saturated carbocycles. The summed E-state index contributed by atoms with van der Waals surface area (Å²) in [6.07, 6.45) is 2.63. The predicted molar refractivity (Wildman–Crippen MR) is 62.0 cm³/mol. The highest BCUT2D eigenvalue weighted by Gasteiger charge is 1.99. The normalized spacial score (nSPS) is 10.5. The molecule has 0 spiro atoms. The van der Waals surface area contributed by atoms with Crippen molar-refractivity contribution in [1.82, 2.24) is 0 Å². The summed E-state index contributed by atoms with van der Waals surface area (Å²) < 4.78 is 6.11. The number of rotatable bonds is 4. The van der Waals surface area contributed by atoms with Crippen molar-refractivity contribution < 1.29 is 14.6 Å². The Balaban J connectivity index is 2.88. The molecule has 0 aliphatic heterocycles. The minimum Gasteiger partial charge on any atom is -0.494 e. The fraction of sp³-hybridized carbons (Fsp3) is 0.182. The van der Waals surface area contributed by atoms with E-state index in [4.69, 9.17) is 9.84 Å². The molecule has 80 valence electrons. The first-order valence-corrected chi connectivity index (χ1v) is 5.26. The lowest BCUT2D eigenvalue weighted by Gasteiger charge is -2.04. The molecular weight excluding hydrogens is 260 g/mol. The fourth-order valence-electron chi connectivity index (χ4n) is 1.06. The molecule has 1 aromatic carbocycles. The summed E-state index contributed by atoms with van der Waals surface area (Å²) in [6, 6.07) is 5.41. The monoisotopic (exact) mass is 270 g/mol. The van der Waals surface area contributed by atoms with Crippen molar-refractivity contribution >= 4 is 28.0 Å². The van der Waals surface area contributed by atoms with Crippen molar-refractivity contribution in [2.75, 3.05) is 6.61 Å². The first-order chi connectivity index (χ1) is 7.13. The Hall–Kier alpha value is -1.29. The number of carbonyl (C=O) groups is 1. The van der Waals surface area contributed by atoms with E-state index >= 15 is 0 Å². The van der Waals surface area contributed by atoms with Crippen LogP contribution >= 0.6 is 15.9 Å². The van der Waals surface area contributed by atoms with Gasteiger partial charge in [-0.25, -0.2) is 4.79 Å². The second-order valence-electron chi connectivity index (χ2n) is 2.79. The number of ether oxygens (including phenoxy) is 1. The molecular formula is C11H11BrO3. The van der Waals surface area contributed by atoms with Gasteiger partial charge in [-0.05, 0) is 30.7 Å². The van der Waals surface area contributed by atoms with Gasteiger partial charge < -0.3 is 9.84 Å². The van der Waals surface area contributed by atoms with Crippen LogP contribution in [0, 0.1) is 0 Å². The molecule has 0 radical (unpaired) electrons. The van der Waals surface area contributed by atoms with Gasteiger partial charge in [-0.2, -0.15) is 0 Å². The maximum absolute atomic E-state index is 10.3. The minimum atomic E-state index is -0.962. The Morgan fingerprint density at radius 1 is 1.60 bits per heavy atom. The van der Waals surface area contributed by atoms with Gasteiger partial charge in [0.25, 0.3) is 0 Å². The van der Waals surface area contributed by atoms with Crippen molar-refractivity contribution in [2.24, 2.45) is 0 Å². The largest absolute Gasteiger partial charge is 0.494 e. The zero-order valence-electron chi connectivity index (χ0n) is 8.24. The smallest absolute Gasteiger partial charge is 0.328 e. The van der Waals surface area contributed by atoms with Crippen molar-refractivity contribution in [1.29, 1.82) is 0 Å². The second kappa shape index (κ2) is 5.56. The van der Waals surface area contributed by atoms with Gasteiger partial charge in [0.15, 0.2) is 0 Å². The van der Waals surface area contributed by atoms with Crippen LogP contribution in [-0.4, -0.2) is 17.7 Å². The summed E-state index contributed by atoms with van der Waals surface area (Å²) in [5, 5.41) is 8.48. The van der Waals surface area contributed by atoms with E-state index in [2.05, 4.69) is 15.9 Å². The third kappa shape index (κ3) is 3.75. The lowest BCUT2D eigenvalue weighted by atomic mass is 10.2. The number of hydrogen-bond donors (Lipinski definition) is 1. The number of aliphatic carboxylic acids is 1. The topological polar surface area (TPSA) is 46.5 Å². The summed E-state index contributed by atoms with van der Waals surface area (Å²) in [5.74, 6) is -0.201. The molecule has 0 bridgehead atoms. The van der Waals surface area contributed by atoms with E-state index in [1.54, 1.807) is 12.1 Å². The summed E-state index contributed by atoms with van der Waals surface area (Å²) >= 11 is 3.34. The van der Waals surface area contributed by atoms with E-state index in [9.17, 15) is 4.79 Å². The van der Waals surface area contributed by atoms with E-state index in [0.717, 1.165) is 21.9 Å². The van der Waals surface area contributed by atoms with Crippen LogP contribution in [0.4, 0.5) is 0 Å². The van der Waals surface area contributed by atoms with Gasteiger partial charge in [-0.3, -0.25) is 0 Å². The van der Waals surface area contributed by atoms with Crippen molar-refractivity contribution in [3.05, 3.63) is 34.3 Å². The molecule has 15 heavy (non-hydrogen) atoms. The summed E-state index contributed by atoms with van der Waals surface area (Å²) in [5.41, 5.74) is 0.806. The van der Waals surface area contributed by atoms with E-state index in [0.29, 0.717) is 6.61 Å². The molecule has 0 aliphatic rings. The van der Waals surface area contributed by atoms with E-state index in [1.807, 2.05) is 13.0 Å². The van der Waals surface area contributed by atoms with Crippen LogP contribution in [0.2, 0.25) is 0 Å². The molecule has 0 saturated heterocycles. The average molecular weight is 271 g/mol. The first-order valence-electron chi connectivity index (χ1n) is 4.47. The average Bonchev–Trinajstić information content (AvgIpc) is 2.17. The second-order valence-corrected chi connectivity index (χ2v) is 3.64. The number of carboxylic acids is 1. The molecule has 0 fully saturated rings. The van der Waals surface area contributed by atoms with E-state index < -0.39 is 5.97 Å². The molecule has 0 unspecified atom stereocenters. The zero-order valence-corrected chi connectivity index (χ0v) is 9.82. The van der Waals surface area contributed by atoms with Crippen LogP contribution in [0.25, 0.3) is 6.08 Å². The molecule has 4 heteroatoms. The first kappa shape index (κ1) is 11.8. The maximum Gasteiger partial charge on any atom is 0.328 e. The molecule has 0 atom stereocenters. The number of halogens is 1. The van der Waals surface area contributed by atoms with Crippen LogP contribution < -0.4 is 4.74 Å². The van der Waals surface area contributed by atoms with Crippen LogP contribution in [0.15, 0.2) is 28.7 Å². The Bertz CT molecular complexity index is 385. The maximum atomic E-state index is 10.3. The van der Waals surface area contributed by atoms with Crippen LogP contribution in [0.1, 0.15) is 12.5 Å². The Labute approximate surface area is 96.5 Å². The lowest BCUT2D eigenvalue weighted by molar-refractivity contribution is -0.131. The third-order valence-electron chi connectivity index (χ3n) is 1.69. The van der Waals surface area contributed by atoms with Gasteiger partial charge in [0.2, 0.25) is 0 Å². The molecule has 1 aromatic rings. The number of benzene rings is 1. The van der Waals surface area contributed by atoms with Crippen molar-refractivity contribution in [3.8, 4) is 5.75 Å².